The summed E-state index contributed by atoms with van der Waals surface area (Å²) in [6.07, 6.45) is -0.179. The summed E-state index contributed by atoms with van der Waals surface area (Å²) in [5.74, 6) is -0.619. The molecule has 2 rings (SSSR count). The number of aryl methyl sites for hydroxylation is 1. The molecule has 1 aromatic carbocycles. The number of amides is 1. The number of benzene rings is 1. The van der Waals surface area contributed by atoms with Crippen molar-refractivity contribution in [2.75, 3.05) is 16.8 Å². The van der Waals surface area contributed by atoms with Crippen LogP contribution in [0.15, 0.2) is 18.2 Å². The Kier molecular flexibility index (Phi) is 3.78. The fourth-order valence-electron chi connectivity index (χ4n) is 2.50. The van der Waals surface area contributed by atoms with E-state index in [9.17, 15) is 14.7 Å². The van der Waals surface area contributed by atoms with Gasteiger partial charge in [-0.15, -0.1) is 0 Å². The molecule has 0 aromatic heterocycles. The Morgan fingerprint density at radius 3 is 2.74 bits per heavy atom. The second kappa shape index (κ2) is 5.06. The van der Waals surface area contributed by atoms with Gasteiger partial charge in [-0.05, 0) is 19.9 Å². The van der Waals surface area contributed by atoms with Gasteiger partial charge in [0, 0.05) is 23.9 Å². The molecule has 0 saturated carbocycles. The second-order valence-corrected chi connectivity index (χ2v) is 5.70. The number of Topliss-reactive ketones (excluding diaryl/α,β-unsaturated/α-hetero) is 1. The largest absolute Gasteiger partial charge is 0.375 e. The van der Waals surface area contributed by atoms with Crippen molar-refractivity contribution < 1.29 is 14.7 Å². The lowest BCUT2D eigenvalue weighted by Gasteiger charge is -2.21. The molecule has 0 spiro atoms. The molecule has 0 radical (unpaired) electrons. The van der Waals surface area contributed by atoms with Crippen LogP contribution in [0.3, 0.4) is 0 Å². The monoisotopic (exact) mass is 325 g/mol. The van der Waals surface area contributed by atoms with E-state index in [0.29, 0.717) is 23.1 Å². The highest BCUT2D eigenvalue weighted by atomic mass is 79.9. The van der Waals surface area contributed by atoms with E-state index in [0.717, 1.165) is 5.56 Å². The first-order valence-electron chi connectivity index (χ1n) is 6.11. The van der Waals surface area contributed by atoms with Crippen molar-refractivity contribution in [3.8, 4) is 0 Å². The molecule has 1 aliphatic heterocycles. The number of fused-ring (bicyclic) bond motifs is 1. The summed E-state index contributed by atoms with van der Waals surface area (Å²) in [7, 11) is 0. The van der Waals surface area contributed by atoms with Crippen molar-refractivity contribution >= 4 is 33.3 Å². The summed E-state index contributed by atoms with van der Waals surface area (Å²) in [4.78, 5) is 25.3. The highest BCUT2D eigenvalue weighted by Crippen LogP contribution is 2.42. The van der Waals surface area contributed by atoms with Gasteiger partial charge in [0.15, 0.2) is 5.60 Å². The molecular formula is C14H16BrNO3. The van der Waals surface area contributed by atoms with E-state index in [1.807, 2.05) is 19.1 Å². The van der Waals surface area contributed by atoms with E-state index < -0.39 is 11.5 Å². The highest BCUT2D eigenvalue weighted by Gasteiger charge is 2.50. The van der Waals surface area contributed by atoms with E-state index in [-0.39, 0.29) is 12.2 Å². The number of rotatable bonds is 4. The van der Waals surface area contributed by atoms with E-state index >= 15 is 0 Å². The van der Waals surface area contributed by atoms with Crippen LogP contribution in [0, 0.1) is 6.92 Å². The molecule has 1 aromatic rings. The van der Waals surface area contributed by atoms with Crippen LogP contribution >= 0.6 is 15.9 Å². The number of nitrogens with zero attached hydrogens (tertiary/aromatic N) is 1. The molecule has 0 aliphatic carbocycles. The number of hydrogen-bond donors (Lipinski definition) is 1. The van der Waals surface area contributed by atoms with Crippen LogP contribution in [-0.2, 0) is 15.2 Å². The third-order valence-corrected chi connectivity index (χ3v) is 3.65. The molecule has 4 nitrogen and oxygen atoms in total. The van der Waals surface area contributed by atoms with Gasteiger partial charge < -0.3 is 10.0 Å². The van der Waals surface area contributed by atoms with Gasteiger partial charge in [-0.1, -0.05) is 33.6 Å². The number of aliphatic hydroxyl groups is 1. The van der Waals surface area contributed by atoms with Crippen molar-refractivity contribution in [1.82, 2.24) is 0 Å². The number of alkyl halides is 1. The summed E-state index contributed by atoms with van der Waals surface area (Å²) >= 11 is 3.30. The fraction of sp³-hybridized carbons (Fsp3) is 0.429. The minimum atomic E-state index is -1.71. The lowest BCUT2D eigenvalue weighted by molar-refractivity contribution is -0.141. The van der Waals surface area contributed by atoms with E-state index in [2.05, 4.69) is 15.9 Å². The van der Waals surface area contributed by atoms with Gasteiger partial charge in [-0.3, -0.25) is 9.59 Å². The fourth-order valence-corrected chi connectivity index (χ4v) is 2.86. The first-order chi connectivity index (χ1) is 8.90. The maximum absolute atomic E-state index is 12.4. The van der Waals surface area contributed by atoms with Crippen molar-refractivity contribution in [3.05, 3.63) is 29.3 Å². The molecule has 5 heteroatoms. The van der Waals surface area contributed by atoms with Gasteiger partial charge in [-0.2, -0.15) is 0 Å². The first-order valence-corrected chi connectivity index (χ1v) is 7.23. The molecule has 1 heterocycles. The molecule has 0 fully saturated rings. The van der Waals surface area contributed by atoms with E-state index in [1.165, 1.54) is 11.8 Å². The third-order valence-electron chi connectivity index (χ3n) is 3.30. The minimum absolute atomic E-state index is 0.179. The van der Waals surface area contributed by atoms with E-state index in [1.54, 1.807) is 6.07 Å². The Labute approximate surface area is 120 Å². The minimum Gasteiger partial charge on any atom is -0.375 e. The van der Waals surface area contributed by atoms with Crippen molar-refractivity contribution in [2.45, 2.75) is 25.9 Å². The van der Waals surface area contributed by atoms with Crippen LogP contribution in [0.5, 0.6) is 0 Å². The Bertz CT molecular complexity index is 543. The number of carbonyl (C=O) groups excluding carboxylic acids is 2. The van der Waals surface area contributed by atoms with Crippen LogP contribution in [0.1, 0.15) is 24.5 Å². The molecule has 19 heavy (non-hydrogen) atoms. The number of anilines is 1. The molecule has 1 amide bonds. The first kappa shape index (κ1) is 14.2. The van der Waals surface area contributed by atoms with Gasteiger partial charge in [0.05, 0.1) is 5.69 Å². The Morgan fingerprint density at radius 1 is 1.47 bits per heavy atom. The van der Waals surface area contributed by atoms with Crippen LogP contribution in [0.4, 0.5) is 5.69 Å². The van der Waals surface area contributed by atoms with Crippen molar-refractivity contribution in [1.29, 1.82) is 0 Å². The molecule has 1 atom stereocenters. The Balaban J connectivity index is 2.56. The third kappa shape index (κ3) is 2.32. The second-order valence-electron chi connectivity index (χ2n) is 4.91. The zero-order valence-electron chi connectivity index (χ0n) is 10.9. The van der Waals surface area contributed by atoms with Gasteiger partial charge >= 0.3 is 0 Å². The lowest BCUT2D eigenvalue weighted by Crippen LogP contribution is -2.42. The molecule has 0 bridgehead atoms. The quantitative estimate of drug-likeness (QED) is 0.860. The SMILES string of the molecule is CC(=O)CC1(O)C(=O)N(CCBr)c2ccc(C)cc21. The molecule has 1 unspecified atom stereocenters. The zero-order chi connectivity index (χ0) is 14.2. The summed E-state index contributed by atoms with van der Waals surface area (Å²) < 4.78 is 0. The molecule has 102 valence electrons. The van der Waals surface area contributed by atoms with Crippen LogP contribution in [0.25, 0.3) is 0 Å². The smallest absolute Gasteiger partial charge is 0.264 e. The van der Waals surface area contributed by atoms with Gasteiger partial charge in [0.1, 0.15) is 5.78 Å². The van der Waals surface area contributed by atoms with Crippen LogP contribution < -0.4 is 4.90 Å². The summed E-state index contributed by atoms with van der Waals surface area (Å²) in [6, 6.07) is 5.50. The number of carbonyl (C=O) groups is 2. The summed E-state index contributed by atoms with van der Waals surface area (Å²) in [6.45, 7) is 3.75. The average molecular weight is 326 g/mol. The zero-order valence-corrected chi connectivity index (χ0v) is 12.5. The van der Waals surface area contributed by atoms with E-state index in [4.69, 9.17) is 0 Å². The summed E-state index contributed by atoms with van der Waals surface area (Å²) in [5, 5.41) is 11.3. The Hall–Kier alpha value is -1.20. The predicted molar refractivity (Wildman–Crippen MR) is 76.5 cm³/mol. The predicted octanol–water partition coefficient (Wildman–Crippen LogP) is 1.90. The number of ketones is 1. The molecule has 0 saturated heterocycles. The highest BCUT2D eigenvalue weighted by molar-refractivity contribution is 9.09. The van der Waals surface area contributed by atoms with Crippen molar-refractivity contribution in [3.63, 3.8) is 0 Å². The van der Waals surface area contributed by atoms with Crippen LogP contribution in [-0.4, -0.2) is 28.7 Å². The van der Waals surface area contributed by atoms with Crippen LogP contribution in [0.2, 0.25) is 0 Å². The average Bonchev–Trinajstić information content (AvgIpc) is 2.51. The lowest BCUT2D eigenvalue weighted by atomic mass is 9.89. The molecule has 1 N–H and O–H groups in total. The van der Waals surface area contributed by atoms with Gasteiger partial charge in [0.25, 0.3) is 5.91 Å². The molecular weight excluding hydrogens is 310 g/mol. The Morgan fingerprint density at radius 2 is 2.16 bits per heavy atom. The molecule has 1 aliphatic rings. The number of halogens is 1. The van der Waals surface area contributed by atoms with Gasteiger partial charge in [0.2, 0.25) is 0 Å². The maximum Gasteiger partial charge on any atom is 0.264 e. The standard InChI is InChI=1S/C14H16BrNO3/c1-9-3-4-12-11(7-9)14(19,8-10(2)17)13(18)16(12)6-5-15/h3-4,7,19H,5-6,8H2,1-2H3. The maximum atomic E-state index is 12.4. The topological polar surface area (TPSA) is 57.6 Å². The van der Waals surface area contributed by atoms with Gasteiger partial charge in [-0.25, -0.2) is 0 Å². The summed E-state index contributed by atoms with van der Waals surface area (Å²) in [5.41, 5.74) is 0.469. The van der Waals surface area contributed by atoms with Crippen molar-refractivity contribution in [2.24, 2.45) is 0 Å². The normalized spacial score (nSPS) is 21.7. The number of hydrogen-bond acceptors (Lipinski definition) is 3.